The van der Waals surface area contributed by atoms with Gasteiger partial charge in [0, 0.05) is 0 Å². The zero-order chi connectivity index (χ0) is 16.3. The summed E-state index contributed by atoms with van der Waals surface area (Å²) in [6.07, 6.45) is -4.55. The van der Waals surface area contributed by atoms with E-state index < -0.39 is 17.7 Å². The number of nitrogens with zero attached hydrogens (tertiary/aromatic N) is 1. The van der Waals surface area contributed by atoms with Gasteiger partial charge < -0.3 is 4.74 Å². The van der Waals surface area contributed by atoms with Crippen LogP contribution < -0.4 is 4.74 Å². The molecule has 0 unspecified atom stereocenters. The molecular formula is C15H7ClF3NO2. The molecule has 2 aromatic rings. The summed E-state index contributed by atoms with van der Waals surface area (Å²) in [5.74, 6) is -1.01. The summed E-state index contributed by atoms with van der Waals surface area (Å²) >= 11 is 5.84. The first-order chi connectivity index (χ1) is 10.3. The number of ether oxygens (including phenoxy) is 1. The van der Waals surface area contributed by atoms with E-state index in [1.807, 2.05) is 6.07 Å². The van der Waals surface area contributed by atoms with Crippen LogP contribution in [0.4, 0.5) is 13.2 Å². The SMILES string of the molecule is N#Cc1ccc(OC(=O)c2cccc(C(F)(F)F)c2)c(Cl)c1. The molecule has 0 fully saturated rings. The number of alkyl halides is 3. The molecule has 0 aliphatic carbocycles. The van der Waals surface area contributed by atoms with Crippen molar-refractivity contribution in [3.05, 3.63) is 64.2 Å². The Hall–Kier alpha value is -2.52. The van der Waals surface area contributed by atoms with Crippen LogP contribution in [-0.2, 0) is 6.18 Å². The zero-order valence-corrected chi connectivity index (χ0v) is 11.6. The standard InChI is InChI=1S/C15H7ClF3NO2/c16-12-6-9(8-20)4-5-13(12)22-14(21)10-2-1-3-11(7-10)15(17,18)19/h1-7H. The number of benzene rings is 2. The smallest absolute Gasteiger partial charge is 0.416 e. The van der Waals surface area contributed by atoms with Crippen molar-refractivity contribution >= 4 is 17.6 Å². The minimum absolute atomic E-state index is 0.0133. The molecule has 0 radical (unpaired) electrons. The lowest BCUT2D eigenvalue weighted by Crippen LogP contribution is -2.11. The summed E-state index contributed by atoms with van der Waals surface area (Å²) in [5.41, 5.74) is -0.938. The van der Waals surface area contributed by atoms with E-state index in [2.05, 4.69) is 0 Å². The molecule has 7 heteroatoms. The fourth-order valence-electron chi connectivity index (χ4n) is 1.63. The molecule has 0 saturated carbocycles. The molecule has 2 aromatic carbocycles. The quantitative estimate of drug-likeness (QED) is 0.605. The van der Waals surface area contributed by atoms with Gasteiger partial charge in [0.25, 0.3) is 0 Å². The Bertz CT molecular complexity index is 766. The van der Waals surface area contributed by atoms with Gasteiger partial charge in [0.2, 0.25) is 0 Å². The lowest BCUT2D eigenvalue weighted by Gasteiger charge is -2.09. The van der Waals surface area contributed by atoms with Crippen LogP contribution in [0.1, 0.15) is 21.5 Å². The maximum Gasteiger partial charge on any atom is 0.416 e. The molecule has 0 heterocycles. The highest BCUT2D eigenvalue weighted by Gasteiger charge is 2.31. The van der Waals surface area contributed by atoms with E-state index in [1.165, 1.54) is 24.3 Å². The first-order valence-electron chi connectivity index (χ1n) is 5.90. The minimum Gasteiger partial charge on any atom is -0.421 e. The Morgan fingerprint density at radius 3 is 2.50 bits per heavy atom. The average molecular weight is 326 g/mol. The van der Waals surface area contributed by atoms with Gasteiger partial charge >= 0.3 is 12.1 Å². The molecule has 0 bridgehead atoms. The second-order valence-electron chi connectivity index (χ2n) is 4.23. The van der Waals surface area contributed by atoms with Gasteiger partial charge in [-0.05, 0) is 36.4 Å². The van der Waals surface area contributed by atoms with Crippen LogP contribution in [0.15, 0.2) is 42.5 Å². The number of carbonyl (C=O) groups excluding carboxylic acids is 1. The number of nitriles is 1. The molecule has 0 spiro atoms. The van der Waals surface area contributed by atoms with Gasteiger partial charge in [0.1, 0.15) is 5.75 Å². The normalized spacial score (nSPS) is 10.9. The molecule has 0 aliphatic rings. The van der Waals surface area contributed by atoms with Crippen molar-refractivity contribution < 1.29 is 22.7 Å². The summed E-state index contributed by atoms with van der Waals surface area (Å²) in [4.78, 5) is 11.9. The number of hydrogen-bond donors (Lipinski definition) is 0. The summed E-state index contributed by atoms with van der Waals surface area (Å²) in [6.45, 7) is 0. The van der Waals surface area contributed by atoms with Crippen molar-refractivity contribution in [1.29, 1.82) is 5.26 Å². The Kier molecular flexibility index (Phi) is 4.38. The van der Waals surface area contributed by atoms with Crippen LogP contribution in [0, 0.1) is 11.3 Å². The topological polar surface area (TPSA) is 50.1 Å². The lowest BCUT2D eigenvalue weighted by molar-refractivity contribution is -0.137. The largest absolute Gasteiger partial charge is 0.421 e. The Labute approximate surface area is 128 Å². The number of esters is 1. The van der Waals surface area contributed by atoms with E-state index in [1.54, 1.807) is 0 Å². The molecule has 2 rings (SSSR count). The number of carbonyl (C=O) groups is 1. The fourth-order valence-corrected chi connectivity index (χ4v) is 1.85. The molecule has 0 atom stereocenters. The predicted octanol–water partition coefficient (Wildman–Crippen LogP) is 4.45. The summed E-state index contributed by atoms with van der Waals surface area (Å²) in [5, 5.41) is 8.71. The monoisotopic (exact) mass is 325 g/mol. The van der Waals surface area contributed by atoms with Gasteiger partial charge in [-0.15, -0.1) is 0 Å². The van der Waals surface area contributed by atoms with E-state index in [0.717, 1.165) is 12.1 Å². The van der Waals surface area contributed by atoms with Crippen molar-refractivity contribution in [1.82, 2.24) is 0 Å². The number of halogens is 4. The molecule has 0 aliphatic heterocycles. The third kappa shape index (κ3) is 3.57. The van der Waals surface area contributed by atoms with Crippen molar-refractivity contribution in [3.8, 4) is 11.8 Å². The third-order valence-electron chi connectivity index (χ3n) is 2.69. The van der Waals surface area contributed by atoms with E-state index >= 15 is 0 Å². The van der Waals surface area contributed by atoms with Crippen LogP contribution in [0.25, 0.3) is 0 Å². The van der Waals surface area contributed by atoms with Gasteiger partial charge in [-0.1, -0.05) is 17.7 Å². The third-order valence-corrected chi connectivity index (χ3v) is 2.98. The highest BCUT2D eigenvalue weighted by atomic mass is 35.5. The van der Waals surface area contributed by atoms with E-state index in [0.29, 0.717) is 6.07 Å². The Morgan fingerprint density at radius 1 is 1.18 bits per heavy atom. The van der Waals surface area contributed by atoms with Crippen LogP contribution in [0.3, 0.4) is 0 Å². The van der Waals surface area contributed by atoms with E-state index in [4.69, 9.17) is 21.6 Å². The second-order valence-corrected chi connectivity index (χ2v) is 4.63. The number of hydrogen-bond acceptors (Lipinski definition) is 3. The van der Waals surface area contributed by atoms with Gasteiger partial charge in [0.05, 0.1) is 27.8 Å². The van der Waals surface area contributed by atoms with Crippen LogP contribution in [0.2, 0.25) is 5.02 Å². The van der Waals surface area contributed by atoms with Crippen molar-refractivity contribution in [2.75, 3.05) is 0 Å². The van der Waals surface area contributed by atoms with Gasteiger partial charge in [-0.25, -0.2) is 4.79 Å². The van der Waals surface area contributed by atoms with Crippen molar-refractivity contribution in [2.45, 2.75) is 6.18 Å². The molecule has 22 heavy (non-hydrogen) atoms. The highest BCUT2D eigenvalue weighted by molar-refractivity contribution is 6.32. The molecule has 3 nitrogen and oxygen atoms in total. The molecule has 0 aromatic heterocycles. The number of rotatable bonds is 2. The second kappa shape index (κ2) is 6.08. The Morgan fingerprint density at radius 2 is 1.91 bits per heavy atom. The maximum absolute atomic E-state index is 12.6. The maximum atomic E-state index is 12.6. The van der Waals surface area contributed by atoms with E-state index in [-0.39, 0.29) is 21.9 Å². The van der Waals surface area contributed by atoms with E-state index in [9.17, 15) is 18.0 Å². The summed E-state index contributed by atoms with van der Waals surface area (Å²) in [6, 6.07) is 9.68. The van der Waals surface area contributed by atoms with Crippen molar-refractivity contribution in [3.63, 3.8) is 0 Å². The fraction of sp³-hybridized carbons (Fsp3) is 0.0667. The first kappa shape index (κ1) is 15.9. The highest BCUT2D eigenvalue weighted by Crippen LogP contribution is 2.30. The predicted molar refractivity (Wildman–Crippen MR) is 72.6 cm³/mol. The minimum atomic E-state index is -4.55. The van der Waals surface area contributed by atoms with Crippen LogP contribution in [-0.4, -0.2) is 5.97 Å². The molecule has 0 N–H and O–H groups in total. The van der Waals surface area contributed by atoms with Gasteiger partial charge in [-0.2, -0.15) is 18.4 Å². The summed E-state index contributed by atoms with van der Waals surface area (Å²) < 4.78 is 42.8. The first-order valence-corrected chi connectivity index (χ1v) is 6.28. The lowest BCUT2D eigenvalue weighted by atomic mass is 10.1. The molecule has 0 saturated heterocycles. The molecular weight excluding hydrogens is 319 g/mol. The molecule has 0 amide bonds. The zero-order valence-electron chi connectivity index (χ0n) is 10.8. The van der Waals surface area contributed by atoms with Gasteiger partial charge in [0.15, 0.2) is 0 Å². The van der Waals surface area contributed by atoms with Crippen molar-refractivity contribution in [2.24, 2.45) is 0 Å². The molecule has 112 valence electrons. The van der Waals surface area contributed by atoms with Crippen LogP contribution >= 0.6 is 11.6 Å². The van der Waals surface area contributed by atoms with Crippen LogP contribution in [0.5, 0.6) is 5.75 Å². The van der Waals surface area contributed by atoms with Gasteiger partial charge in [-0.3, -0.25) is 0 Å². The Balaban J connectivity index is 2.25. The average Bonchev–Trinajstić information content (AvgIpc) is 2.48. The summed E-state index contributed by atoms with van der Waals surface area (Å²) in [7, 11) is 0.